The highest BCUT2D eigenvalue weighted by molar-refractivity contribution is 7.08. The van der Waals surface area contributed by atoms with Gasteiger partial charge in [0.2, 0.25) is 5.95 Å². The number of aromatic nitrogens is 2. The summed E-state index contributed by atoms with van der Waals surface area (Å²) in [6.45, 7) is 2.18. The van der Waals surface area contributed by atoms with Gasteiger partial charge >= 0.3 is 0 Å². The maximum atomic E-state index is 14.2. The molecule has 28 heavy (non-hydrogen) atoms. The smallest absolute Gasteiger partial charge is 0.240 e. The number of halogens is 1. The second-order valence-electron chi connectivity index (χ2n) is 7.44. The van der Waals surface area contributed by atoms with Crippen molar-refractivity contribution in [3.05, 3.63) is 87.5 Å². The van der Waals surface area contributed by atoms with E-state index in [2.05, 4.69) is 46.1 Å². The number of nitrogens with one attached hydrogen (secondary N) is 1. The zero-order valence-electron chi connectivity index (χ0n) is 15.6. The lowest BCUT2D eigenvalue weighted by Gasteiger charge is -2.31. The van der Waals surface area contributed by atoms with Gasteiger partial charge in [-0.05, 0) is 88.0 Å². The standard InChI is InChI=1S/C24H20FN2S/c1-15-13-28-14-20(15)23(17-8-5-9-17)22(16-6-3-2-4-7-16)18-10-11-21-19(12-18)24(25)27-26-21/h2-4,6,10-14,17H,5,8-9H2,1H3,(H,26,27)/b23-22+. The molecule has 0 bridgehead atoms. The fraction of sp³-hybridized carbons (Fsp3) is 0.208. The van der Waals surface area contributed by atoms with Crippen LogP contribution < -0.4 is 0 Å². The van der Waals surface area contributed by atoms with E-state index < -0.39 is 5.95 Å². The molecule has 0 spiro atoms. The van der Waals surface area contributed by atoms with Gasteiger partial charge in [0.05, 0.1) is 10.9 Å². The molecule has 0 aliphatic heterocycles. The first kappa shape index (κ1) is 17.4. The molecule has 1 fully saturated rings. The van der Waals surface area contributed by atoms with Crippen LogP contribution in [-0.4, -0.2) is 10.2 Å². The summed E-state index contributed by atoms with van der Waals surface area (Å²) in [5.41, 5.74) is 7.94. The summed E-state index contributed by atoms with van der Waals surface area (Å²) in [6.07, 6.45) is 3.66. The maximum absolute atomic E-state index is 14.2. The van der Waals surface area contributed by atoms with Gasteiger partial charge in [-0.2, -0.15) is 15.7 Å². The van der Waals surface area contributed by atoms with Crippen LogP contribution in [-0.2, 0) is 0 Å². The second kappa shape index (κ2) is 7.02. The monoisotopic (exact) mass is 387 g/mol. The van der Waals surface area contributed by atoms with Crippen molar-refractivity contribution >= 4 is 33.4 Å². The van der Waals surface area contributed by atoms with Crippen molar-refractivity contribution in [2.45, 2.75) is 26.2 Å². The first-order valence-corrected chi connectivity index (χ1v) is 10.5. The van der Waals surface area contributed by atoms with E-state index in [1.165, 1.54) is 36.0 Å². The number of hydrogen-bond acceptors (Lipinski definition) is 2. The van der Waals surface area contributed by atoms with Gasteiger partial charge in [0.25, 0.3) is 0 Å². The first-order valence-electron chi connectivity index (χ1n) is 9.61. The lowest BCUT2D eigenvalue weighted by atomic mass is 9.73. The molecule has 1 N–H and O–H groups in total. The predicted octanol–water partition coefficient (Wildman–Crippen LogP) is 6.63. The fourth-order valence-electron chi connectivity index (χ4n) is 4.03. The van der Waals surface area contributed by atoms with E-state index >= 15 is 0 Å². The molecule has 4 heteroatoms. The highest BCUT2D eigenvalue weighted by Crippen LogP contribution is 2.46. The normalized spacial score (nSPS) is 15.5. The number of allylic oxidation sites excluding steroid dienone is 1. The van der Waals surface area contributed by atoms with Crippen molar-refractivity contribution in [3.63, 3.8) is 0 Å². The van der Waals surface area contributed by atoms with E-state index in [9.17, 15) is 4.39 Å². The van der Waals surface area contributed by atoms with Crippen LogP contribution in [0.25, 0.3) is 22.0 Å². The molecular weight excluding hydrogens is 367 g/mol. The molecule has 2 heterocycles. The largest absolute Gasteiger partial charge is 0.275 e. The zero-order chi connectivity index (χ0) is 19.1. The summed E-state index contributed by atoms with van der Waals surface area (Å²) >= 11 is 1.74. The average Bonchev–Trinajstić information content (AvgIpc) is 3.26. The highest BCUT2D eigenvalue weighted by Gasteiger charge is 2.28. The predicted molar refractivity (Wildman–Crippen MR) is 114 cm³/mol. The summed E-state index contributed by atoms with van der Waals surface area (Å²) in [4.78, 5) is 0. The third-order valence-electron chi connectivity index (χ3n) is 5.71. The lowest BCUT2D eigenvalue weighted by Crippen LogP contribution is -2.15. The molecule has 0 atom stereocenters. The zero-order valence-corrected chi connectivity index (χ0v) is 16.4. The van der Waals surface area contributed by atoms with Gasteiger partial charge in [0.1, 0.15) is 0 Å². The van der Waals surface area contributed by atoms with Gasteiger partial charge in [-0.3, -0.25) is 5.10 Å². The van der Waals surface area contributed by atoms with Crippen molar-refractivity contribution in [1.29, 1.82) is 0 Å². The molecule has 1 radical (unpaired) electrons. The van der Waals surface area contributed by atoms with Crippen molar-refractivity contribution in [2.75, 3.05) is 0 Å². The number of fused-ring (bicyclic) bond motifs is 1. The van der Waals surface area contributed by atoms with Crippen LogP contribution in [0.15, 0.2) is 53.2 Å². The number of aromatic amines is 1. The molecule has 2 aromatic heterocycles. The quantitative estimate of drug-likeness (QED) is 0.418. The summed E-state index contributed by atoms with van der Waals surface area (Å²) in [5, 5.41) is 11.5. The Hall–Kier alpha value is -2.72. The van der Waals surface area contributed by atoms with Crippen molar-refractivity contribution in [2.24, 2.45) is 5.92 Å². The van der Waals surface area contributed by atoms with Crippen LogP contribution in [0.4, 0.5) is 4.39 Å². The number of benzene rings is 2. The van der Waals surface area contributed by atoms with E-state index in [0.29, 0.717) is 11.3 Å². The molecular formula is C24H20FN2S. The van der Waals surface area contributed by atoms with Crippen LogP contribution in [0.5, 0.6) is 0 Å². The van der Waals surface area contributed by atoms with Crippen molar-refractivity contribution in [1.82, 2.24) is 10.2 Å². The Bertz CT molecular complexity index is 1170. The first-order chi connectivity index (χ1) is 13.7. The molecule has 1 saturated carbocycles. The Labute approximate surface area is 167 Å². The maximum Gasteiger partial charge on any atom is 0.240 e. The molecule has 0 amide bonds. The Kier molecular flexibility index (Phi) is 4.36. The van der Waals surface area contributed by atoms with Crippen molar-refractivity contribution in [3.8, 4) is 0 Å². The molecule has 1 aliphatic carbocycles. The van der Waals surface area contributed by atoms with Crippen LogP contribution >= 0.6 is 11.3 Å². The Morgan fingerprint density at radius 2 is 2.11 bits per heavy atom. The second-order valence-corrected chi connectivity index (χ2v) is 8.18. The van der Waals surface area contributed by atoms with Crippen LogP contribution in [0.2, 0.25) is 0 Å². The van der Waals surface area contributed by atoms with Gasteiger partial charge in [0.15, 0.2) is 0 Å². The van der Waals surface area contributed by atoms with Crippen LogP contribution in [0.3, 0.4) is 0 Å². The summed E-state index contributed by atoms with van der Waals surface area (Å²) in [5.74, 6) is 0.0759. The topological polar surface area (TPSA) is 28.7 Å². The number of hydrogen-bond donors (Lipinski definition) is 1. The minimum absolute atomic E-state index is 0.454. The molecule has 5 rings (SSSR count). The summed E-state index contributed by atoms with van der Waals surface area (Å²) in [7, 11) is 0. The number of rotatable bonds is 4. The molecule has 1 aliphatic rings. The fourth-order valence-corrected chi connectivity index (χ4v) is 4.88. The SMILES string of the molecule is Cc1cscc1/C(=C(\c1[c]cccc1)c1ccc2[nH]nc(F)c2c1)C1CCC1. The Morgan fingerprint density at radius 3 is 2.79 bits per heavy atom. The molecule has 2 nitrogen and oxygen atoms in total. The van der Waals surface area contributed by atoms with E-state index in [0.717, 1.165) is 22.2 Å². The lowest BCUT2D eigenvalue weighted by molar-refractivity contribution is 0.401. The van der Waals surface area contributed by atoms with Gasteiger partial charge in [0, 0.05) is 0 Å². The summed E-state index contributed by atoms with van der Waals surface area (Å²) in [6, 6.07) is 17.4. The third-order valence-corrected chi connectivity index (χ3v) is 6.57. The summed E-state index contributed by atoms with van der Waals surface area (Å²) < 4.78 is 14.2. The van der Waals surface area contributed by atoms with E-state index in [4.69, 9.17) is 0 Å². The number of thiophene rings is 1. The average molecular weight is 388 g/mol. The molecule has 0 unspecified atom stereocenters. The van der Waals surface area contributed by atoms with Crippen molar-refractivity contribution < 1.29 is 4.39 Å². The van der Waals surface area contributed by atoms with E-state index in [-0.39, 0.29) is 0 Å². The Balaban J connectivity index is 1.83. The number of H-pyrrole nitrogens is 1. The molecule has 139 valence electrons. The minimum atomic E-state index is -0.454. The molecule has 0 saturated heterocycles. The number of nitrogens with zero attached hydrogens (tertiary/aromatic N) is 1. The third kappa shape index (κ3) is 2.89. The Morgan fingerprint density at radius 1 is 1.21 bits per heavy atom. The van der Waals surface area contributed by atoms with Gasteiger partial charge in [-0.25, -0.2) is 0 Å². The number of aryl methyl sites for hydroxylation is 1. The van der Waals surface area contributed by atoms with Crippen LogP contribution in [0.1, 0.15) is 41.5 Å². The van der Waals surface area contributed by atoms with Crippen LogP contribution in [0, 0.1) is 24.9 Å². The van der Waals surface area contributed by atoms with Gasteiger partial charge < -0.3 is 0 Å². The van der Waals surface area contributed by atoms with Gasteiger partial charge in [-0.1, -0.05) is 36.8 Å². The van der Waals surface area contributed by atoms with E-state index in [1.54, 1.807) is 11.3 Å². The molecule has 2 aromatic carbocycles. The molecule has 4 aromatic rings. The van der Waals surface area contributed by atoms with E-state index in [1.807, 2.05) is 30.3 Å². The van der Waals surface area contributed by atoms with Gasteiger partial charge in [-0.15, -0.1) is 5.10 Å². The minimum Gasteiger partial charge on any atom is -0.275 e. The highest BCUT2D eigenvalue weighted by atomic mass is 32.1.